The van der Waals surface area contributed by atoms with Crippen molar-refractivity contribution in [2.45, 2.75) is 70.6 Å². The summed E-state index contributed by atoms with van der Waals surface area (Å²) in [5.41, 5.74) is 2.24. The van der Waals surface area contributed by atoms with Crippen molar-refractivity contribution in [3.05, 3.63) is 53.1 Å². The zero-order chi connectivity index (χ0) is 24.6. The molecule has 1 aromatic carbocycles. The van der Waals surface area contributed by atoms with Gasteiger partial charge >= 0.3 is 6.18 Å². The predicted molar refractivity (Wildman–Crippen MR) is 127 cm³/mol. The lowest BCUT2D eigenvalue weighted by atomic mass is 9.80. The van der Waals surface area contributed by atoms with E-state index in [4.69, 9.17) is 4.98 Å². The molecule has 1 fully saturated rings. The first kappa shape index (κ1) is 23.3. The highest BCUT2D eigenvalue weighted by Gasteiger charge is 2.30. The van der Waals surface area contributed by atoms with E-state index in [2.05, 4.69) is 28.3 Å². The van der Waals surface area contributed by atoms with Gasteiger partial charge in [0.1, 0.15) is 17.4 Å². The van der Waals surface area contributed by atoms with Gasteiger partial charge in [-0.3, -0.25) is 0 Å². The molecule has 2 heterocycles. The molecule has 35 heavy (non-hydrogen) atoms. The third kappa shape index (κ3) is 4.75. The molecule has 0 saturated heterocycles. The van der Waals surface area contributed by atoms with Crippen molar-refractivity contribution in [2.75, 3.05) is 5.32 Å². The summed E-state index contributed by atoms with van der Waals surface area (Å²) in [6.45, 7) is 2.44. The zero-order valence-electron chi connectivity index (χ0n) is 19.6. The van der Waals surface area contributed by atoms with E-state index in [1.54, 1.807) is 0 Å². The van der Waals surface area contributed by atoms with Crippen LogP contribution in [-0.2, 0) is 12.7 Å². The van der Waals surface area contributed by atoms with Gasteiger partial charge in [-0.2, -0.15) is 28.4 Å². The van der Waals surface area contributed by atoms with Crippen LogP contribution >= 0.6 is 0 Å². The lowest BCUT2D eigenvalue weighted by Crippen LogP contribution is -2.31. The van der Waals surface area contributed by atoms with Crippen LogP contribution in [0.3, 0.4) is 0 Å². The van der Waals surface area contributed by atoms with Gasteiger partial charge in [0.05, 0.1) is 5.56 Å². The van der Waals surface area contributed by atoms with Crippen LogP contribution in [-0.4, -0.2) is 25.6 Å². The summed E-state index contributed by atoms with van der Waals surface area (Å²) in [5.74, 6) is 1.87. The van der Waals surface area contributed by atoms with E-state index in [1.807, 2.05) is 10.6 Å². The number of allylic oxidation sites excluding steroid dienone is 2. The summed E-state index contributed by atoms with van der Waals surface area (Å²) < 4.78 is 41.2. The maximum Gasteiger partial charge on any atom is 0.416 e. The monoisotopic (exact) mass is 480 g/mol. The third-order valence-electron chi connectivity index (χ3n) is 7.12. The molecule has 9 heteroatoms. The Morgan fingerprint density at radius 2 is 1.89 bits per heavy atom. The first-order valence-corrected chi connectivity index (χ1v) is 12.1. The first-order valence-electron chi connectivity index (χ1n) is 12.1. The molecule has 182 valence electrons. The van der Waals surface area contributed by atoms with Crippen LogP contribution in [0.25, 0.3) is 16.7 Å². The van der Waals surface area contributed by atoms with Gasteiger partial charge in [-0.1, -0.05) is 24.6 Å². The van der Waals surface area contributed by atoms with Crippen LogP contribution in [0.1, 0.15) is 74.6 Å². The van der Waals surface area contributed by atoms with E-state index in [9.17, 15) is 18.4 Å². The van der Waals surface area contributed by atoms with Gasteiger partial charge in [0.25, 0.3) is 0 Å². The summed E-state index contributed by atoms with van der Waals surface area (Å²) >= 11 is 0. The molecular weight excluding hydrogens is 453 g/mol. The maximum atomic E-state index is 13.1. The van der Waals surface area contributed by atoms with Crippen LogP contribution in [0.15, 0.2) is 30.3 Å². The number of anilines is 1. The van der Waals surface area contributed by atoms with Crippen LogP contribution in [0.5, 0.6) is 0 Å². The fourth-order valence-corrected chi connectivity index (χ4v) is 4.88. The minimum absolute atomic E-state index is 0.0455. The molecule has 1 N–H and O–H groups in total. The minimum atomic E-state index is -4.38. The van der Waals surface area contributed by atoms with Crippen molar-refractivity contribution in [1.29, 1.82) is 5.26 Å². The molecule has 0 bridgehead atoms. The SMILES string of the molecule is C[C@@H](Nc1nc(C#N)nc2nc(C3=CCCCC3)n(Cc3ccc(C(F)(F)F)cc3)c12)C1CCC1. The second-order valence-corrected chi connectivity index (χ2v) is 9.50. The van der Waals surface area contributed by atoms with Gasteiger partial charge in [-0.05, 0) is 74.6 Å². The molecule has 3 aromatic rings. The molecule has 0 spiro atoms. The molecular formula is C26H27F3N6. The average Bonchev–Trinajstić information content (AvgIpc) is 3.16. The number of aromatic nitrogens is 4. The summed E-state index contributed by atoms with van der Waals surface area (Å²) in [5, 5.41) is 13.0. The van der Waals surface area contributed by atoms with Crippen molar-refractivity contribution in [3.63, 3.8) is 0 Å². The molecule has 2 aliphatic rings. The van der Waals surface area contributed by atoms with Gasteiger partial charge in [0.2, 0.25) is 5.82 Å². The van der Waals surface area contributed by atoms with E-state index in [-0.39, 0.29) is 11.9 Å². The van der Waals surface area contributed by atoms with E-state index < -0.39 is 11.7 Å². The Labute approximate surface area is 201 Å². The van der Waals surface area contributed by atoms with Crippen molar-refractivity contribution >= 4 is 22.6 Å². The van der Waals surface area contributed by atoms with Crippen molar-refractivity contribution < 1.29 is 13.2 Å². The third-order valence-corrected chi connectivity index (χ3v) is 7.12. The Bertz CT molecular complexity index is 1300. The molecule has 0 amide bonds. The fourth-order valence-electron chi connectivity index (χ4n) is 4.88. The minimum Gasteiger partial charge on any atom is -0.365 e. The number of benzene rings is 1. The largest absolute Gasteiger partial charge is 0.416 e. The highest BCUT2D eigenvalue weighted by Crippen LogP contribution is 2.35. The molecule has 6 nitrogen and oxygen atoms in total. The zero-order valence-corrected chi connectivity index (χ0v) is 19.6. The quantitative estimate of drug-likeness (QED) is 0.446. The molecule has 1 atom stereocenters. The average molecular weight is 481 g/mol. The molecule has 0 aliphatic heterocycles. The van der Waals surface area contributed by atoms with Gasteiger partial charge in [0, 0.05) is 12.6 Å². The van der Waals surface area contributed by atoms with Gasteiger partial charge < -0.3 is 9.88 Å². The van der Waals surface area contributed by atoms with Crippen molar-refractivity contribution in [1.82, 2.24) is 19.5 Å². The van der Waals surface area contributed by atoms with Crippen LogP contribution in [0, 0.1) is 17.2 Å². The number of hydrogen-bond donors (Lipinski definition) is 1. The maximum absolute atomic E-state index is 13.1. The summed E-state index contributed by atoms with van der Waals surface area (Å²) in [6.07, 6.45) is 5.30. The molecule has 0 radical (unpaired) electrons. The number of nitrogens with zero attached hydrogens (tertiary/aromatic N) is 5. The van der Waals surface area contributed by atoms with Crippen molar-refractivity contribution in [3.8, 4) is 6.07 Å². The van der Waals surface area contributed by atoms with Crippen molar-refractivity contribution in [2.24, 2.45) is 5.92 Å². The number of hydrogen-bond acceptors (Lipinski definition) is 5. The van der Waals surface area contributed by atoms with Gasteiger partial charge in [-0.25, -0.2) is 4.98 Å². The second-order valence-electron chi connectivity index (χ2n) is 9.50. The Morgan fingerprint density at radius 3 is 2.49 bits per heavy atom. The predicted octanol–water partition coefficient (Wildman–Crippen LogP) is 6.32. The van der Waals surface area contributed by atoms with Crippen LogP contribution < -0.4 is 5.32 Å². The number of alkyl halides is 3. The standard InChI is InChI=1S/C26H27F3N6/c1-16(18-8-5-9-18)31-23-22-24(33-21(14-30)32-23)34-25(19-6-3-2-4-7-19)35(22)15-17-10-12-20(13-11-17)26(27,28)29/h6,10-13,16,18H,2-5,7-9,15H2,1H3,(H,31,32,33)/t16-/m1/s1. The Morgan fingerprint density at radius 1 is 1.11 bits per heavy atom. The second kappa shape index (κ2) is 9.33. The molecule has 2 aliphatic carbocycles. The number of nitrogens with one attached hydrogen (secondary N) is 1. The topological polar surface area (TPSA) is 79.4 Å². The molecule has 1 saturated carbocycles. The van der Waals surface area contributed by atoms with Crippen LogP contribution in [0.2, 0.25) is 0 Å². The van der Waals surface area contributed by atoms with E-state index in [0.29, 0.717) is 29.4 Å². The highest BCUT2D eigenvalue weighted by molar-refractivity contribution is 5.87. The Kier molecular flexibility index (Phi) is 6.22. The summed E-state index contributed by atoms with van der Waals surface area (Å²) in [4.78, 5) is 13.7. The Balaban J connectivity index is 1.62. The normalized spacial score (nSPS) is 17.5. The lowest BCUT2D eigenvalue weighted by molar-refractivity contribution is -0.137. The van der Waals surface area contributed by atoms with Gasteiger partial charge in [0.15, 0.2) is 11.5 Å². The molecule has 2 aromatic heterocycles. The number of halogens is 3. The summed E-state index contributed by atoms with van der Waals surface area (Å²) in [6, 6.07) is 7.42. The Hall–Kier alpha value is -3.41. The van der Waals surface area contributed by atoms with E-state index >= 15 is 0 Å². The molecule has 5 rings (SSSR count). The number of fused-ring (bicyclic) bond motifs is 1. The first-order chi connectivity index (χ1) is 16.8. The molecule has 0 unspecified atom stereocenters. The van der Waals surface area contributed by atoms with Gasteiger partial charge in [-0.15, -0.1) is 0 Å². The smallest absolute Gasteiger partial charge is 0.365 e. The number of nitriles is 1. The van der Waals surface area contributed by atoms with E-state index in [1.165, 1.54) is 18.6 Å². The summed E-state index contributed by atoms with van der Waals surface area (Å²) in [7, 11) is 0. The van der Waals surface area contributed by atoms with Crippen LogP contribution in [0.4, 0.5) is 19.0 Å². The fraction of sp³-hybridized carbons (Fsp3) is 0.462. The number of imidazole rings is 1. The lowest BCUT2D eigenvalue weighted by Gasteiger charge is -2.32. The number of rotatable bonds is 6. The van der Waals surface area contributed by atoms with E-state index in [0.717, 1.165) is 67.6 Å². The highest BCUT2D eigenvalue weighted by atomic mass is 19.4.